The molecule has 1 aliphatic rings. The maximum Gasteiger partial charge on any atom is 0.261 e. The van der Waals surface area contributed by atoms with Crippen LogP contribution in [-0.4, -0.2) is 28.0 Å². The van der Waals surface area contributed by atoms with Crippen LogP contribution in [0.3, 0.4) is 0 Å². The zero-order valence-electron chi connectivity index (χ0n) is 14.4. The van der Waals surface area contributed by atoms with Gasteiger partial charge in [0.1, 0.15) is 0 Å². The van der Waals surface area contributed by atoms with Crippen LogP contribution in [0.25, 0.3) is 10.9 Å². The molecule has 1 saturated carbocycles. The van der Waals surface area contributed by atoms with Crippen molar-refractivity contribution in [2.45, 2.75) is 45.2 Å². The van der Waals surface area contributed by atoms with Crippen molar-refractivity contribution in [3.8, 4) is 0 Å². The molecule has 1 aromatic heterocycles. The van der Waals surface area contributed by atoms with Crippen LogP contribution in [0.4, 0.5) is 0 Å². The summed E-state index contributed by atoms with van der Waals surface area (Å²) in [7, 11) is 0. The van der Waals surface area contributed by atoms with Gasteiger partial charge in [-0.05, 0) is 43.9 Å². The number of nitrogens with zero attached hydrogens (tertiary/aromatic N) is 2. The lowest BCUT2D eigenvalue weighted by Gasteiger charge is -2.19. The van der Waals surface area contributed by atoms with Gasteiger partial charge in [0.15, 0.2) is 0 Å². The molecule has 6 nitrogen and oxygen atoms in total. The summed E-state index contributed by atoms with van der Waals surface area (Å²) < 4.78 is 1.51. The van der Waals surface area contributed by atoms with Gasteiger partial charge in [0.2, 0.25) is 5.91 Å². The first-order valence-electron chi connectivity index (χ1n) is 8.54. The summed E-state index contributed by atoms with van der Waals surface area (Å²) in [5.41, 5.74) is 7.34. The lowest BCUT2D eigenvalue weighted by molar-refractivity contribution is -0.122. The number of para-hydroxylation sites is 1. The molecule has 3 rings (SSSR count). The SMILES string of the molecule is Cc1cccc2c(=O)n(CCC(=O)NC3CCCC3CN)cnc12.Cl. The third-order valence-electron chi connectivity index (χ3n) is 4.94. The summed E-state index contributed by atoms with van der Waals surface area (Å²) in [5.74, 6) is 0.346. The van der Waals surface area contributed by atoms with E-state index < -0.39 is 0 Å². The third kappa shape index (κ3) is 4.19. The number of fused-ring (bicyclic) bond motifs is 1. The van der Waals surface area contributed by atoms with Crippen LogP contribution >= 0.6 is 12.4 Å². The molecular weight excluding hydrogens is 340 g/mol. The quantitative estimate of drug-likeness (QED) is 0.845. The topological polar surface area (TPSA) is 90.0 Å². The Morgan fingerprint density at radius 1 is 1.40 bits per heavy atom. The second kappa shape index (κ2) is 8.45. The van der Waals surface area contributed by atoms with E-state index in [0.717, 1.165) is 30.3 Å². The van der Waals surface area contributed by atoms with Crippen molar-refractivity contribution in [3.63, 3.8) is 0 Å². The van der Waals surface area contributed by atoms with Crippen molar-refractivity contribution in [2.75, 3.05) is 6.54 Å². The minimum absolute atomic E-state index is 0. The number of aromatic nitrogens is 2. The molecule has 2 aromatic rings. The van der Waals surface area contributed by atoms with Gasteiger partial charge in [0.25, 0.3) is 5.56 Å². The molecule has 1 fully saturated rings. The highest BCUT2D eigenvalue weighted by molar-refractivity contribution is 5.85. The summed E-state index contributed by atoms with van der Waals surface area (Å²) in [6.07, 6.45) is 4.98. The average molecular weight is 365 g/mol. The highest BCUT2D eigenvalue weighted by atomic mass is 35.5. The number of halogens is 1. The first-order chi connectivity index (χ1) is 11.6. The van der Waals surface area contributed by atoms with Crippen LogP contribution in [-0.2, 0) is 11.3 Å². The molecule has 0 saturated heterocycles. The number of rotatable bonds is 5. The summed E-state index contributed by atoms with van der Waals surface area (Å²) in [6.45, 7) is 2.88. The van der Waals surface area contributed by atoms with Gasteiger partial charge in [0, 0.05) is 19.0 Å². The Kier molecular flexibility index (Phi) is 6.56. The molecule has 1 amide bonds. The van der Waals surface area contributed by atoms with Gasteiger partial charge in [0.05, 0.1) is 17.2 Å². The van der Waals surface area contributed by atoms with Crippen LogP contribution < -0.4 is 16.6 Å². The number of hydrogen-bond acceptors (Lipinski definition) is 4. The zero-order valence-corrected chi connectivity index (χ0v) is 15.2. The predicted molar refractivity (Wildman–Crippen MR) is 101 cm³/mol. The molecule has 0 radical (unpaired) electrons. The fourth-order valence-corrected chi connectivity index (χ4v) is 3.51. The normalized spacial score (nSPS) is 19.6. The summed E-state index contributed by atoms with van der Waals surface area (Å²) >= 11 is 0. The van der Waals surface area contributed by atoms with E-state index in [4.69, 9.17) is 5.73 Å². The summed E-state index contributed by atoms with van der Waals surface area (Å²) in [5, 5.41) is 3.66. The van der Waals surface area contributed by atoms with Crippen molar-refractivity contribution in [3.05, 3.63) is 40.4 Å². The second-order valence-corrected chi connectivity index (χ2v) is 6.56. The fourth-order valence-electron chi connectivity index (χ4n) is 3.51. The number of nitrogens with two attached hydrogens (primary N) is 1. The Morgan fingerprint density at radius 2 is 2.20 bits per heavy atom. The standard InChI is InChI=1S/C18H24N4O2.ClH/c1-12-4-2-6-14-17(12)20-11-22(18(14)24)9-8-16(23)21-15-7-3-5-13(15)10-19;/h2,4,6,11,13,15H,3,5,7-10,19H2,1H3,(H,21,23);1H. The Hall–Kier alpha value is -1.92. The Bertz CT molecular complexity index is 805. The van der Waals surface area contributed by atoms with Gasteiger partial charge in [-0.15, -0.1) is 12.4 Å². The van der Waals surface area contributed by atoms with E-state index in [1.807, 2.05) is 19.1 Å². The first-order valence-corrected chi connectivity index (χ1v) is 8.54. The Labute approximate surface area is 153 Å². The number of nitrogens with one attached hydrogen (secondary N) is 1. The van der Waals surface area contributed by atoms with Gasteiger partial charge in [-0.2, -0.15) is 0 Å². The summed E-state index contributed by atoms with van der Waals surface area (Å²) in [4.78, 5) is 29.0. The maximum atomic E-state index is 12.5. The predicted octanol–water partition coefficient (Wildman–Crippen LogP) is 1.76. The van der Waals surface area contributed by atoms with Gasteiger partial charge in [-0.3, -0.25) is 14.2 Å². The first kappa shape index (κ1) is 19.4. The molecular formula is C18H25ClN4O2. The molecule has 2 atom stereocenters. The lowest BCUT2D eigenvalue weighted by Crippen LogP contribution is -2.40. The minimum Gasteiger partial charge on any atom is -0.353 e. The van der Waals surface area contributed by atoms with E-state index in [0.29, 0.717) is 24.4 Å². The monoisotopic (exact) mass is 364 g/mol. The molecule has 7 heteroatoms. The van der Waals surface area contributed by atoms with Crippen molar-refractivity contribution in [1.82, 2.24) is 14.9 Å². The molecule has 1 heterocycles. The number of hydrogen-bond donors (Lipinski definition) is 2. The lowest BCUT2D eigenvalue weighted by atomic mass is 10.0. The summed E-state index contributed by atoms with van der Waals surface area (Å²) in [6, 6.07) is 5.74. The van der Waals surface area contributed by atoms with E-state index in [2.05, 4.69) is 10.3 Å². The van der Waals surface area contributed by atoms with Gasteiger partial charge in [-0.1, -0.05) is 18.6 Å². The number of amides is 1. The largest absolute Gasteiger partial charge is 0.353 e. The van der Waals surface area contributed by atoms with Gasteiger partial charge >= 0.3 is 0 Å². The highest BCUT2D eigenvalue weighted by Gasteiger charge is 2.27. The van der Waals surface area contributed by atoms with Crippen LogP contribution in [0.15, 0.2) is 29.3 Å². The molecule has 0 spiro atoms. The van der Waals surface area contributed by atoms with E-state index in [9.17, 15) is 9.59 Å². The molecule has 3 N–H and O–H groups in total. The van der Waals surface area contributed by atoms with Crippen molar-refractivity contribution in [1.29, 1.82) is 0 Å². The smallest absolute Gasteiger partial charge is 0.261 e. The van der Waals surface area contributed by atoms with E-state index in [1.54, 1.807) is 6.07 Å². The van der Waals surface area contributed by atoms with E-state index in [-0.39, 0.29) is 36.3 Å². The van der Waals surface area contributed by atoms with Crippen LogP contribution in [0.1, 0.15) is 31.2 Å². The molecule has 2 unspecified atom stereocenters. The average Bonchev–Trinajstić information content (AvgIpc) is 3.02. The van der Waals surface area contributed by atoms with E-state index in [1.165, 1.54) is 10.9 Å². The Morgan fingerprint density at radius 3 is 2.96 bits per heavy atom. The molecule has 0 aliphatic heterocycles. The Balaban J connectivity index is 0.00000225. The maximum absolute atomic E-state index is 12.5. The number of aryl methyl sites for hydroxylation is 2. The zero-order chi connectivity index (χ0) is 17.1. The van der Waals surface area contributed by atoms with Crippen LogP contribution in [0.2, 0.25) is 0 Å². The molecule has 136 valence electrons. The minimum atomic E-state index is -0.0998. The van der Waals surface area contributed by atoms with Crippen LogP contribution in [0.5, 0.6) is 0 Å². The third-order valence-corrected chi connectivity index (χ3v) is 4.94. The number of carbonyl (C=O) groups excluding carboxylic acids is 1. The van der Waals surface area contributed by atoms with E-state index >= 15 is 0 Å². The van der Waals surface area contributed by atoms with Gasteiger partial charge < -0.3 is 11.1 Å². The molecule has 0 bridgehead atoms. The second-order valence-electron chi connectivity index (χ2n) is 6.56. The molecule has 25 heavy (non-hydrogen) atoms. The number of benzene rings is 1. The highest BCUT2D eigenvalue weighted by Crippen LogP contribution is 2.24. The molecule has 1 aromatic carbocycles. The van der Waals surface area contributed by atoms with Crippen LogP contribution in [0, 0.1) is 12.8 Å². The van der Waals surface area contributed by atoms with Crippen molar-refractivity contribution < 1.29 is 4.79 Å². The molecule has 1 aliphatic carbocycles. The van der Waals surface area contributed by atoms with Gasteiger partial charge in [-0.25, -0.2) is 4.98 Å². The van der Waals surface area contributed by atoms with Crippen molar-refractivity contribution in [2.24, 2.45) is 11.7 Å². The number of carbonyl (C=O) groups is 1. The van der Waals surface area contributed by atoms with Crippen molar-refractivity contribution >= 4 is 29.2 Å². The fraction of sp³-hybridized carbons (Fsp3) is 0.500.